The van der Waals surface area contributed by atoms with Gasteiger partial charge in [-0.15, -0.1) is 11.3 Å². The summed E-state index contributed by atoms with van der Waals surface area (Å²) in [4.78, 5) is 29.9. The van der Waals surface area contributed by atoms with E-state index in [1.807, 2.05) is 16.8 Å². The molecule has 2 amide bonds. The molecule has 0 aliphatic heterocycles. The van der Waals surface area contributed by atoms with Crippen LogP contribution in [0.15, 0.2) is 35.0 Å². The van der Waals surface area contributed by atoms with Crippen molar-refractivity contribution in [3.63, 3.8) is 0 Å². The number of hydrogen-bond acceptors (Lipinski definition) is 7. The molecule has 2 N–H and O–H groups in total. The molecule has 164 valence electrons. The van der Waals surface area contributed by atoms with Crippen LogP contribution in [-0.4, -0.2) is 30.5 Å². The van der Waals surface area contributed by atoms with Crippen molar-refractivity contribution in [1.82, 2.24) is 15.8 Å². The zero-order valence-corrected chi connectivity index (χ0v) is 19.5. The number of amides is 2. The third-order valence-corrected chi connectivity index (χ3v) is 6.33. The molecule has 9 heteroatoms. The molecule has 0 bridgehead atoms. The Labute approximate surface area is 189 Å². The molecular weight excluding hydrogens is 434 g/mol. The molecule has 0 atom stereocenters. The summed E-state index contributed by atoms with van der Waals surface area (Å²) in [6.45, 7) is 6.58. The van der Waals surface area contributed by atoms with Gasteiger partial charge in [0.1, 0.15) is 9.88 Å². The predicted molar refractivity (Wildman–Crippen MR) is 123 cm³/mol. The molecule has 2 heterocycles. The van der Waals surface area contributed by atoms with Crippen LogP contribution in [0.3, 0.4) is 0 Å². The number of ether oxygens (including phenoxy) is 2. The molecular formula is C22H25N3O4S2. The number of thiophene rings is 1. The predicted octanol–water partition coefficient (Wildman–Crippen LogP) is 4.69. The highest BCUT2D eigenvalue weighted by molar-refractivity contribution is 7.17. The maximum atomic E-state index is 12.5. The second-order valence-corrected chi connectivity index (χ2v) is 9.03. The fourth-order valence-corrected chi connectivity index (χ4v) is 4.36. The van der Waals surface area contributed by atoms with Gasteiger partial charge in [0.05, 0.1) is 19.4 Å². The Morgan fingerprint density at radius 2 is 1.90 bits per heavy atom. The van der Waals surface area contributed by atoms with Crippen molar-refractivity contribution >= 4 is 34.5 Å². The monoisotopic (exact) mass is 459 g/mol. The van der Waals surface area contributed by atoms with Gasteiger partial charge in [-0.2, -0.15) is 11.3 Å². The van der Waals surface area contributed by atoms with Gasteiger partial charge in [0.25, 0.3) is 11.8 Å². The first-order valence-corrected chi connectivity index (χ1v) is 11.6. The second-order valence-electron chi connectivity index (χ2n) is 7.25. The van der Waals surface area contributed by atoms with Crippen LogP contribution in [0, 0.1) is 12.8 Å². The second kappa shape index (κ2) is 10.4. The average Bonchev–Trinajstić information content (AvgIpc) is 3.41. The van der Waals surface area contributed by atoms with Crippen LogP contribution in [0.25, 0.3) is 10.6 Å². The summed E-state index contributed by atoms with van der Waals surface area (Å²) in [7, 11) is 1.52. The Morgan fingerprint density at radius 1 is 1.13 bits per heavy atom. The van der Waals surface area contributed by atoms with Gasteiger partial charge in [-0.05, 0) is 48.9 Å². The molecule has 0 radical (unpaired) electrons. The Morgan fingerprint density at radius 3 is 2.58 bits per heavy atom. The van der Waals surface area contributed by atoms with Crippen LogP contribution in [-0.2, 0) is 0 Å². The zero-order valence-electron chi connectivity index (χ0n) is 17.9. The number of nitrogens with one attached hydrogen (secondary N) is 2. The lowest BCUT2D eigenvalue weighted by Gasteiger charge is -2.13. The Hall–Kier alpha value is -2.91. The van der Waals surface area contributed by atoms with Crippen LogP contribution in [0.4, 0.5) is 0 Å². The van der Waals surface area contributed by atoms with Gasteiger partial charge in [-0.1, -0.05) is 13.8 Å². The van der Waals surface area contributed by atoms with Gasteiger partial charge in [-0.25, -0.2) is 4.98 Å². The molecule has 0 saturated carbocycles. The lowest BCUT2D eigenvalue weighted by molar-refractivity contribution is 0.0848. The summed E-state index contributed by atoms with van der Waals surface area (Å²) in [5.74, 6) is 0.695. The van der Waals surface area contributed by atoms with Gasteiger partial charge >= 0.3 is 0 Å². The average molecular weight is 460 g/mol. The number of methoxy groups -OCH3 is 1. The minimum absolute atomic E-state index is 0.341. The molecule has 0 aliphatic carbocycles. The molecule has 0 aliphatic rings. The third-order valence-electron chi connectivity index (χ3n) is 4.44. The van der Waals surface area contributed by atoms with Crippen LogP contribution >= 0.6 is 22.7 Å². The van der Waals surface area contributed by atoms with E-state index in [1.54, 1.807) is 36.5 Å². The van der Waals surface area contributed by atoms with Crippen molar-refractivity contribution in [2.45, 2.75) is 27.2 Å². The quantitative estimate of drug-likeness (QED) is 0.477. The summed E-state index contributed by atoms with van der Waals surface area (Å²) < 4.78 is 11.1. The molecule has 2 aromatic heterocycles. The Balaban J connectivity index is 1.62. The van der Waals surface area contributed by atoms with Gasteiger partial charge in [0.2, 0.25) is 0 Å². The van der Waals surface area contributed by atoms with Crippen LogP contribution in [0.5, 0.6) is 11.5 Å². The lowest BCUT2D eigenvalue weighted by atomic mass is 10.1. The molecule has 0 unspecified atom stereocenters. The van der Waals surface area contributed by atoms with Crippen molar-refractivity contribution in [3.8, 4) is 22.1 Å². The fraction of sp³-hybridized carbons (Fsp3) is 0.318. The zero-order chi connectivity index (χ0) is 22.4. The maximum Gasteiger partial charge on any atom is 0.281 e. The van der Waals surface area contributed by atoms with E-state index >= 15 is 0 Å². The highest BCUT2D eigenvalue weighted by atomic mass is 32.1. The third kappa shape index (κ3) is 5.83. The number of carbonyl (C=O) groups excluding carboxylic acids is 2. The van der Waals surface area contributed by atoms with Crippen LogP contribution < -0.4 is 20.3 Å². The number of hydrazine groups is 1. The molecule has 0 spiro atoms. The minimum atomic E-state index is -0.458. The SMILES string of the molecule is COc1cc(C(=O)NNC(=O)c2sc(-c3ccsc3)nc2C)ccc1OCCC(C)C. The number of hydrogen-bond donors (Lipinski definition) is 2. The van der Waals surface area contributed by atoms with Gasteiger partial charge < -0.3 is 9.47 Å². The van der Waals surface area contributed by atoms with Crippen molar-refractivity contribution in [2.75, 3.05) is 13.7 Å². The van der Waals surface area contributed by atoms with E-state index in [0.29, 0.717) is 40.2 Å². The minimum Gasteiger partial charge on any atom is -0.493 e. The number of benzene rings is 1. The highest BCUT2D eigenvalue weighted by Crippen LogP contribution is 2.30. The lowest BCUT2D eigenvalue weighted by Crippen LogP contribution is -2.41. The topological polar surface area (TPSA) is 89.6 Å². The number of nitrogens with zero attached hydrogens (tertiary/aromatic N) is 1. The molecule has 0 fully saturated rings. The molecule has 0 saturated heterocycles. The van der Waals surface area contributed by atoms with E-state index in [-0.39, 0.29) is 0 Å². The summed E-state index contributed by atoms with van der Waals surface area (Å²) >= 11 is 2.85. The number of aryl methyl sites for hydroxylation is 1. The number of thiazole rings is 1. The van der Waals surface area contributed by atoms with E-state index in [4.69, 9.17) is 9.47 Å². The highest BCUT2D eigenvalue weighted by Gasteiger charge is 2.18. The van der Waals surface area contributed by atoms with Crippen molar-refractivity contribution in [3.05, 3.63) is 51.2 Å². The fourth-order valence-electron chi connectivity index (χ4n) is 2.69. The molecule has 31 heavy (non-hydrogen) atoms. The van der Waals surface area contributed by atoms with Gasteiger partial charge in [0.15, 0.2) is 11.5 Å². The summed E-state index contributed by atoms with van der Waals surface area (Å²) in [6.07, 6.45) is 0.919. The first-order chi connectivity index (χ1) is 14.9. The number of carbonyl (C=O) groups is 2. The standard InChI is InChI=1S/C22H25N3O4S2/c1-13(2)7-9-29-17-6-5-15(11-18(17)28-4)20(26)24-25-21(27)19-14(3)23-22(31-19)16-8-10-30-12-16/h5-6,8,10-13H,7,9H2,1-4H3,(H,24,26)(H,25,27). The smallest absolute Gasteiger partial charge is 0.281 e. The first-order valence-electron chi connectivity index (χ1n) is 9.80. The van der Waals surface area contributed by atoms with Crippen molar-refractivity contribution in [2.24, 2.45) is 5.92 Å². The molecule has 7 nitrogen and oxygen atoms in total. The largest absolute Gasteiger partial charge is 0.493 e. The summed E-state index contributed by atoms with van der Waals surface area (Å²) in [6, 6.07) is 6.85. The molecule has 3 aromatic rings. The van der Waals surface area contributed by atoms with E-state index in [1.165, 1.54) is 18.4 Å². The molecule has 3 rings (SSSR count). The first kappa shape index (κ1) is 22.8. The van der Waals surface area contributed by atoms with Gasteiger partial charge in [0, 0.05) is 16.5 Å². The summed E-state index contributed by atoms with van der Waals surface area (Å²) in [5, 5.41) is 4.71. The number of aromatic nitrogens is 1. The Kier molecular flexibility index (Phi) is 7.64. The Bertz CT molecular complexity index is 1050. The van der Waals surface area contributed by atoms with Crippen LogP contribution in [0.1, 0.15) is 46.0 Å². The van der Waals surface area contributed by atoms with Crippen LogP contribution in [0.2, 0.25) is 0 Å². The van der Waals surface area contributed by atoms with E-state index in [0.717, 1.165) is 17.0 Å². The normalized spacial score (nSPS) is 10.7. The van der Waals surface area contributed by atoms with Gasteiger partial charge in [-0.3, -0.25) is 20.4 Å². The summed E-state index contributed by atoms with van der Waals surface area (Å²) in [5.41, 5.74) is 6.83. The van der Waals surface area contributed by atoms with Crippen molar-refractivity contribution < 1.29 is 19.1 Å². The maximum absolute atomic E-state index is 12.5. The number of rotatable bonds is 8. The van der Waals surface area contributed by atoms with E-state index in [9.17, 15) is 9.59 Å². The van der Waals surface area contributed by atoms with E-state index < -0.39 is 11.8 Å². The van der Waals surface area contributed by atoms with E-state index in [2.05, 4.69) is 29.7 Å². The molecule has 1 aromatic carbocycles. The van der Waals surface area contributed by atoms with Crippen molar-refractivity contribution in [1.29, 1.82) is 0 Å².